The molecule has 3 heterocycles. The van der Waals surface area contributed by atoms with Gasteiger partial charge in [-0.15, -0.1) is 0 Å². The zero-order chi connectivity index (χ0) is 18.7. The molecule has 3 aromatic heterocycles. The summed E-state index contributed by atoms with van der Waals surface area (Å²) in [5.74, 6) is 2.16. The average Bonchev–Trinajstić information content (AvgIpc) is 3.21. The molecule has 0 radical (unpaired) electrons. The molecule has 2 N–H and O–H groups in total. The molecule has 0 bridgehead atoms. The van der Waals surface area contributed by atoms with E-state index in [2.05, 4.69) is 25.6 Å². The number of carbonyl (C=O) groups is 1. The Bertz CT molecular complexity index is 875. The van der Waals surface area contributed by atoms with Gasteiger partial charge in [0.25, 0.3) is 0 Å². The highest BCUT2D eigenvalue weighted by Crippen LogP contribution is 2.23. The zero-order valence-corrected chi connectivity index (χ0v) is 15.1. The molecule has 26 heavy (non-hydrogen) atoms. The average molecular weight is 355 g/mol. The number of pyridine rings is 1. The van der Waals surface area contributed by atoms with Gasteiger partial charge >= 0.3 is 6.03 Å². The fourth-order valence-electron chi connectivity index (χ4n) is 2.63. The van der Waals surface area contributed by atoms with Crippen molar-refractivity contribution < 1.29 is 9.53 Å². The largest absolute Gasteiger partial charge is 0.493 e. The van der Waals surface area contributed by atoms with E-state index in [1.807, 2.05) is 48.6 Å². The van der Waals surface area contributed by atoms with Crippen LogP contribution in [0.2, 0.25) is 0 Å². The Hall–Kier alpha value is -3.36. The summed E-state index contributed by atoms with van der Waals surface area (Å²) in [6.07, 6.45) is 6.98. The van der Waals surface area contributed by atoms with Crippen LogP contribution in [0.1, 0.15) is 23.4 Å². The van der Waals surface area contributed by atoms with Crippen molar-refractivity contribution in [1.29, 1.82) is 0 Å². The third-order valence-electron chi connectivity index (χ3n) is 3.96. The quantitative estimate of drug-likeness (QED) is 0.727. The van der Waals surface area contributed by atoms with Gasteiger partial charge in [-0.3, -0.25) is 5.32 Å². The van der Waals surface area contributed by atoms with Gasteiger partial charge in [0.15, 0.2) is 11.6 Å². The molecule has 136 valence electrons. The van der Waals surface area contributed by atoms with Gasteiger partial charge in [0.1, 0.15) is 17.7 Å². The second kappa shape index (κ2) is 7.26. The number of aryl methyl sites for hydroxylation is 3. The molecular weight excluding hydrogens is 334 g/mol. The molecule has 0 aliphatic heterocycles. The Morgan fingerprint density at radius 1 is 1.12 bits per heavy atom. The van der Waals surface area contributed by atoms with Crippen LogP contribution in [0.4, 0.5) is 10.6 Å². The summed E-state index contributed by atoms with van der Waals surface area (Å²) in [6, 6.07) is 2.61. The van der Waals surface area contributed by atoms with Crippen LogP contribution >= 0.6 is 0 Å². The summed E-state index contributed by atoms with van der Waals surface area (Å²) >= 11 is 0. The smallest absolute Gasteiger partial charge is 0.321 e. The van der Waals surface area contributed by atoms with Gasteiger partial charge in [-0.2, -0.15) is 0 Å². The van der Waals surface area contributed by atoms with Crippen LogP contribution < -0.4 is 15.4 Å². The number of rotatable bonds is 5. The Morgan fingerprint density at radius 3 is 2.23 bits per heavy atom. The molecule has 2 amide bonds. The third kappa shape index (κ3) is 3.51. The minimum absolute atomic E-state index is 0.350. The van der Waals surface area contributed by atoms with E-state index in [9.17, 15) is 4.79 Å². The summed E-state index contributed by atoms with van der Waals surface area (Å²) in [7, 11) is 5.26. The van der Waals surface area contributed by atoms with Gasteiger partial charge in [-0.1, -0.05) is 0 Å². The molecule has 0 aromatic carbocycles. The van der Waals surface area contributed by atoms with Crippen molar-refractivity contribution in [3.05, 3.63) is 54.3 Å². The first-order chi connectivity index (χ1) is 12.5. The Labute approximate surface area is 151 Å². The summed E-state index contributed by atoms with van der Waals surface area (Å²) in [4.78, 5) is 25.6. The van der Waals surface area contributed by atoms with Crippen molar-refractivity contribution in [3.8, 4) is 5.75 Å². The van der Waals surface area contributed by atoms with E-state index in [0.717, 1.165) is 5.69 Å². The molecule has 0 unspecified atom stereocenters. The van der Waals surface area contributed by atoms with E-state index in [1.165, 1.54) is 7.11 Å². The van der Waals surface area contributed by atoms with Crippen LogP contribution in [0.3, 0.4) is 0 Å². The lowest BCUT2D eigenvalue weighted by Gasteiger charge is -2.19. The summed E-state index contributed by atoms with van der Waals surface area (Å²) in [5.41, 5.74) is 0.769. The van der Waals surface area contributed by atoms with Gasteiger partial charge in [-0.25, -0.2) is 19.7 Å². The standard InChI is InChI=1S/C17H21N7O2/c1-11-5-6-12(26-4)14(20-11)22-17(25)21-13(15-18-7-9-23(15)2)16-19-8-10-24(16)3/h5-10,13H,1-4H3,(H2,20,21,22,25). The number of methoxy groups -OCH3 is 1. The highest BCUT2D eigenvalue weighted by Gasteiger charge is 2.24. The first kappa shape index (κ1) is 17.5. The molecule has 3 aromatic rings. The van der Waals surface area contributed by atoms with E-state index in [-0.39, 0.29) is 0 Å². The Kier molecular flexibility index (Phi) is 4.87. The predicted molar refractivity (Wildman–Crippen MR) is 95.9 cm³/mol. The van der Waals surface area contributed by atoms with Crippen LogP contribution in [0, 0.1) is 6.92 Å². The molecule has 9 nitrogen and oxygen atoms in total. The molecule has 0 atom stereocenters. The summed E-state index contributed by atoms with van der Waals surface area (Å²) in [5, 5.41) is 5.65. The molecule has 0 fully saturated rings. The number of anilines is 1. The number of urea groups is 1. The number of imidazole rings is 2. The lowest BCUT2D eigenvalue weighted by molar-refractivity contribution is 0.248. The zero-order valence-electron chi connectivity index (χ0n) is 15.1. The highest BCUT2D eigenvalue weighted by molar-refractivity contribution is 5.90. The van der Waals surface area contributed by atoms with Gasteiger partial charge in [0.2, 0.25) is 0 Å². The van der Waals surface area contributed by atoms with Crippen LogP contribution in [0.25, 0.3) is 0 Å². The van der Waals surface area contributed by atoms with Crippen molar-refractivity contribution in [1.82, 2.24) is 29.4 Å². The minimum Gasteiger partial charge on any atom is -0.493 e. The topological polar surface area (TPSA) is 98.9 Å². The Morgan fingerprint density at radius 2 is 1.73 bits per heavy atom. The van der Waals surface area contributed by atoms with Crippen LogP contribution in [-0.4, -0.2) is 37.2 Å². The first-order valence-electron chi connectivity index (χ1n) is 8.03. The fourth-order valence-corrected chi connectivity index (χ4v) is 2.63. The molecule has 0 aliphatic carbocycles. The molecule has 0 aliphatic rings. The highest BCUT2D eigenvalue weighted by atomic mass is 16.5. The minimum atomic E-state index is -0.522. The third-order valence-corrected chi connectivity index (χ3v) is 3.96. The number of aromatic nitrogens is 5. The second-order valence-corrected chi connectivity index (χ2v) is 5.83. The number of nitrogens with one attached hydrogen (secondary N) is 2. The van der Waals surface area contributed by atoms with E-state index < -0.39 is 12.1 Å². The first-order valence-corrected chi connectivity index (χ1v) is 8.03. The monoisotopic (exact) mass is 355 g/mol. The van der Waals surface area contributed by atoms with Crippen LogP contribution in [0.15, 0.2) is 36.9 Å². The van der Waals surface area contributed by atoms with Crippen molar-refractivity contribution in [2.45, 2.75) is 13.0 Å². The van der Waals surface area contributed by atoms with Crippen molar-refractivity contribution in [2.24, 2.45) is 14.1 Å². The van der Waals surface area contributed by atoms with E-state index in [4.69, 9.17) is 4.74 Å². The molecule has 0 saturated heterocycles. The van der Waals surface area contributed by atoms with E-state index in [0.29, 0.717) is 23.2 Å². The molecule has 3 rings (SSSR count). The van der Waals surface area contributed by atoms with Crippen molar-refractivity contribution in [3.63, 3.8) is 0 Å². The number of hydrogen-bond acceptors (Lipinski definition) is 5. The van der Waals surface area contributed by atoms with Gasteiger partial charge in [-0.05, 0) is 19.1 Å². The molecule has 9 heteroatoms. The van der Waals surface area contributed by atoms with Crippen LogP contribution in [-0.2, 0) is 14.1 Å². The lowest BCUT2D eigenvalue weighted by atomic mass is 10.2. The summed E-state index contributed by atoms with van der Waals surface area (Å²) in [6.45, 7) is 1.84. The summed E-state index contributed by atoms with van der Waals surface area (Å²) < 4.78 is 8.93. The SMILES string of the molecule is COc1ccc(C)nc1NC(=O)NC(c1nccn1C)c1nccn1C. The van der Waals surface area contributed by atoms with Crippen LogP contribution in [0.5, 0.6) is 5.75 Å². The number of carbonyl (C=O) groups excluding carboxylic acids is 1. The molecule has 0 spiro atoms. The second-order valence-electron chi connectivity index (χ2n) is 5.83. The fraction of sp³-hybridized carbons (Fsp3) is 0.294. The van der Waals surface area contributed by atoms with E-state index >= 15 is 0 Å². The number of ether oxygens (including phenoxy) is 1. The van der Waals surface area contributed by atoms with Gasteiger partial charge in [0.05, 0.1) is 7.11 Å². The number of amides is 2. The Balaban J connectivity index is 1.86. The predicted octanol–water partition coefficient (Wildman–Crippen LogP) is 1.78. The van der Waals surface area contributed by atoms with Gasteiger partial charge < -0.3 is 19.2 Å². The molecular formula is C17H21N7O2. The maximum Gasteiger partial charge on any atom is 0.321 e. The lowest BCUT2D eigenvalue weighted by Crippen LogP contribution is -2.36. The molecule has 0 saturated carbocycles. The number of hydrogen-bond donors (Lipinski definition) is 2. The maximum atomic E-state index is 12.6. The van der Waals surface area contributed by atoms with E-state index in [1.54, 1.807) is 18.5 Å². The number of nitrogens with zero attached hydrogens (tertiary/aromatic N) is 5. The normalized spacial score (nSPS) is 10.8. The maximum absolute atomic E-state index is 12.6. The van der Waals surface area contributed by atoms with Gasteiger partial charge in [0, 0.05) is 44.6 Å². The van der Waals surface area contributed by atoms with Crippen molar-refractivity contribution in [2.75, 3.05) is 12.4 Å². The van der Waals surface area contributed by atoms with Crippen molar-refractivity contribution >= 4 is 11.8 Å².